The van der Waals surface area contributed by atoms with Gasteiger partial charge in [-0.05, 0) is 29.8 Å². The van der Waals surface area contributed by atoms with Crippen LogP contribution < -0.4 is 16.0 Å². The van der Waals surface area contributed by atoms with Gasteiger partial charge in [-0.1, -0.05) is 30.3 Å². The first kappa shape index (κ1) is 18.6. The van der Waals surface area contributed by atoms with Crippen molar-refractivity contribution in [2.75, 3.05) is 32.1 Å². The summed E-state index contributed by atoms with van der Waals surface area (Å²) >= 11 is 0. The number of anilines is 1. The maximum Gasteiger partial charge on any atom is 0.251 e. The Morgan fingerprint density at radius 3 is 2.40 bits per heavy atom. The predicted octanol–water partition coefficient (Wildman–Crippen LogP) is 1.79. The molecule has 2 rings (SSSR count). The number of hydrogen-bond donors (Lipinski definition) is 3. The van der Waals surface area contributed by atoms with Gasteiger partial charge in [-0.3, -0.25) is 9.59 Å². The van der Waals surface area contributed by atoms with Crippen molar-refractivity contribution in [1.29, 1.82) is 0 Å². The highest BCUT2D eigenvalue weighted by molar-refractivity contribution is 5.96. The Morgan fingerprint density at radius 1 is 1.00 bits per heavy atom. The average molecular weight is 341 g/mol. The van der Waals surface area contributed by atoms with Crippen LogP contribution in [0.3, 0.4) is 0 Å². The van der Waals surface area contributed by atoms with Crippen molar-refractivity contribution < 1.29 is 14.3 Å². The quantitative estimate of drug-likeness (QED) is 0.608. The zero-order valence-corrected chi connectivity index (χ0v) is 14.2. The minimum Gasteiger partial charge on any atom is -0.383 e. The van der Waals surface area contributed by atoms with E-state index in [0.717, 1.165) is 5.56 Å². The maximum atomic E-state index is 11.9. The van der Waals surface area contributed by atoms with Crippen molar-refractivity contribution in [3.8, 4) is 0 Å². The third-order valence-electron chi connectivity index (χ3n) is 3.48. The van der Waals surface area contributed by atoms with Crippen molar-refractivity contribution in [2.45, 2.75) is 6.54 Å². The normalized spacial score (nSPS) is 10.3. The van der Waals surface area contributed by atoms with Crippen LogP contribution in [0, 0.1) is 0 Å². The number of carbonyl (C=O) groups is 2. The molecule has 132 valence electrons. The Kier molecular flexibility index (Phi) is 7.62. The smallest absolute Gasteiger partial charge is 0.251 e. The molecule has 0 aliphatic rings. The first-order valence-corrected chi connectivity index (χ1v) is 8.10. The summed E-state index contributed by atoms with van der Waals surface area (Å²) in [5, 5.41) is 8.63. The number of ether oxygens (including phenoxy) is 1. The fourth-order valence-electron chi connectivity index (χ4n) is 2.20. The van der Waals surface area contributed by atoms with E-state index in [4.69, 9.17) is 4.74 Å². The summed E-state index contributed by atoms with van der Waals surface area (Å²) in [6, 6.07) is 16.7. The Bertz CT molecular complexity index is 672. The lowest BCUT2D eigenvalue weighted by Gasteiger charge is -2.08. The lowest BCUT2D eigenvalue weighted by molar-refractivity contribution is -0.115. The Morgan fingerprint density at radius 2 is 1.72 bits per heavy atom. The molecule has 0 aliphatic heterocycles. The van der Waals surface area contributed by atoms with Crippen LogP contribution in [0.2, 0.25) is 0 Å². The summed E-state index contributed by atoms with van der Waals surface area (Å²) in [5.74, 6) is -0.298. The Hall–Kier alpha value is -2.70. The molecular weight excluding hydrogens is 318 g/mol. The van der Waals surface area contributed by atoms with Gasteiger partial charge in [0.1, 0.15) is 0 Å². The van der Waals surface area contributed by atoms with Crippen molar-refractivity contribution >= 4 is 17.5 Å². The van der Waals surface area contributed by atoms with E-state index >= 15 is 0 Å². The fraction of sp³-hybridized carbons (Fsp3) is 0.263. The van der Waals surface area contributed by atoms with Crippen LogP contribution >= 0.6 is 0 Å². The first-order chi connectivity index (χ1) is 12.2. The van der Waals surface area contributed by atoms with Gasteiger partial charge in [0, 0.05) is 31.5 Å². The molecule has 2 aromatic carbocycles. The highest BCUT2D eigenvalue weighted by Gasteiger charge is 2.06. The molecule has 6 heteroatoms. The van der Waals surface area contributed by atoms with Crippen molar-refractivity contribution in [3.05, 3.63) is 65.7 Å². The molecule has 0 atom stereocenters. The summed E-state index contributed by atoms with van der Waals surface area (Å²) in [5.41, 5.74) is 2.32. The molecule has 0 saturated carbocycles. The second kappa shape index (κ2) is 10.2. The van der Waals surface area contributed by atoms with Gasteiger partial charge in [-0.25, -0.2) is 0 Å². The van der Waals surface area contributed by atoms with E-state index in [-0.39, 0.29) is 18.4 Å². The Balaban J connectivity index is 1.74. The molecule has 25 heavy (non-hydrogen) atoms. The number of rotatable bonds is 9. The SMILES string of the molecule is COCCNC(=O)c1ccc(NC(=O)CNCc2ccccc2)cc1. The van der Waals surface area contributed by atoms with Crippen molar-refractivity contribution in [3.63, 3.8) is 0 Å². The van der Waals surface area contributed by atoms with Gasteiger partial charge in [0.05, 0.1) is 13.2 Å². The largest absolute Gasteiger partial charge is 0.383 e. The van der Waals surface area contributed by atoms with E-state index in [1.807, 2.05) is 30.3 Å². The van der Waals surface area contributed by atoms with E-state index in [0.29, 0.717) is 30.9 Å². The molecule has 0 saturated heterocycles. The Labute approximate surface area is 147 Å². The van der Waals surface area contributed by atoms with E-state index in [1.54, 1.807) is 31.4 Å². The second-order valence-corrected chi connectivity index (χ2v) is 5.46. The van der Waals surface area contributed by atoms with Crippen molar-refractivity contribution in [1.82, 2.24) is 10.6 Å². The van der Waals surface area contributed by atoms with E-state index in [9.17, 15) is 9.59 Å². The zero-order valence-electron chi connectivity index (χ0n) is 14.2. The lowest BCUT2D eigenvalue weighted by atomic mass is 10.2. The number of amides is 2. The minimum absolute atomic E-state index is 0.131. The predicted molar refractivity (Wildman–Crippen MR) is 97.4 cm³/mol. The maximum absolute atomic E-state index is 11.9. The van der Waals surface area contributed by atoms with Crippen LogP contribution in [0.4, 0.5) is 5.69 Å². The number of methoxy groups -OCH3 is 1. The molecule has 0 radical (unpaired) electrons. The molecule has 0 spiro atoms. The van der Waals surface area contributed by atoms with Gasteiger partial charge in [0.25, 0.3) is 5.91 Å². The third kappa shape index (κ3) is 6.74. The summed E-state index contributed by atoms with van der Waals surface area (Å²) in [7, 11) is 1.58. The van der Waals surface area contributed by atoms with E-state index in [2.05, 4.69) is 16.0 Å². The van der Waals surface area contributed by atoms with E-state index in [1.165, 1.54) is 0 Å². The van der Waals surface area contributed by atoms with Gasteiger partial charge in [-0.2, -0.15) is 0 Å². The topological polar surface area (TPSA) is 79.5 Å². The number of nitrogens with one attached hydrogen (secondary N) is 3. The summed E-state index contributed by atoms with van der Waals surface area (Å²) < 4.78 is 4.88. The van der Waals surface area contributed by atoms with Gasteiger partial charge in [0.15, 0.2) is 0 Å². The van der Waals surface area contributed by atoms with Gasteiger partial charge in [-0.15, -0.1) is 0 Å². The van der Waals surface area contributed by atoms with Crippen molar-refractivity contribution in [2.24, 2.45) is 0 Å². The average Bonchev–Trinajstić information content (AvgIpc) is 2.63. The van der Waals surface area contributed by atoms with Crippen LogP contribution in [0.15, 0.2) is 54.6 Å². The standard InChI is InChI=1S/C19H23N3O3/c1-25-12-11-21-19(24)16-7-9-17(10-8-16)22-18(23)14-20-13-15-5-3-2-4-6-15/h2-10,20H,11-14H2,1H3,(H,21,24)(H,22,23). The van der Waals surface area contributed by atoms with Crippen LogP contribution in [0.1, 0.15) is 15.9 Å². The highest BCUT2D eigenvalue weighted by atomic mass is 16.5. The summed E-state index contributed by atoms with van der Waals surface area (Å²) in [6.07, 6.45) is 0. The highest BCUT2D eigenvalue weighted by Crippen LogP contribution is 2.09. The van der Waals surface area contributed by atoms with E-state index < -0.39 is 0 Å². The van der Waals surface area contributed by atoms with Gasteiger partial charge >= 0.3 is 0 Å². The van der Waals surface area contributed by atoms with Gasteiger partial charge < -0.3 is 20.7 Å². The minimum atomic E-state index is -0.167. The van der Waals surface area contributed by atoms with Gasteiger partial charge in [0.2, 0.25) is 5.91 Å². The molecule has 0 aromatic heterocycles. The zero-order chi connectivity index (χ0) is 17.9. The fourth-order valence-corrected chi connectivity index (χ4v) is 2.20. The molecule has 6 nitrogen and oxygen atoms in total. The van der Waals surface area contributed by atoms with Crippen LogP contribution in [0.25, 0.3) is 0 Å². The molecule has 3 N–H and O–H groups in total. The second-order valence-electron chi connectivity index (χ2n) is 5.46. The molecule has 2 amide bonds. The summed E-state index contributed by atoms with van der Waals surface area (Å²) in [6.45, 7) is 1.78. The molecule has 2 aromatic rings. The summed E-state index contributed by atoms with van der Waals surface area (Å²) in [4.78, 5) is 23.8. The monoisotopic (exact) mass is 341 g/mol. The lowest BCUT2D eigenvalue weighted by Crippen LogP contribution is -2.28. The van der Waals surface area contributed by atoms with Crippen LogP contribution in [-0.2, 0) is 16.1 Å². The molecular formula is C19H23N3O3. The molecule has 0 bridgehead atoms. The third-order valence-corrected chi connectivity index (χ3v) is 3.48. The number of benzene rings is 2. The molecule has 0 heterocycles. The van der Waals surface area contributed by atoms with Crippen LogP contribution in [-0.4, -0.2) is 38.6 Å². The number of carbonyl (C=O) groups excluding carboxylic acids is 2. The molecule has 0 aliphatic carbocycles. The first-order valence-electron chi connectivity index (χ1n) is 8.10. The van der Waals surface area contributed by atoms with Crippen LogP contribution in [0.5, 0.6) is 0 Å². The molecule has 0 unspecified atom stereocenters. The molecule has 0 fully saturated rings. The number of hydrogen-bond acceptors (Lipinski definition) is 4.